The summed E-state index contributed by atoms with van der Waals surface area (Å²) in [5, 5.41) is 10.1. The number of nitrogens with zero attached hydrogens (tertiary/aromatic N) is 2. The molecule has 0 aliphatic rings. The number of nitrogens with one attached hydrogen (secondary N) is 2. The van der Waals surface area contributed by atoms with Crippen LogP contribution in [0.1, 0.15) is 30.2 Å². The molecular weight excluding hydrogens is 315 g/mol. The minimum atomic E-state index is -0.357. The first-order chi connectivity index (χ1) is 9.95. The quantitative estimate of drug-likeness (QED) is 0.902. The summed E-state index contributed by atoms with van der Waals surface area (Å²) in [4.78, 5) is 15.8. The van der Waals surface area contributed by atoms with Crippen molar-refractivity contribution in [2.45, 2.75) is 26.4 Å². The van der Waals surface area contributed by atoms with E-state index in [-0.39, 0.29) is 18.6 Å². The van der Waals surface area contributed by atoms with Crippen LogP contribution in [-0.2, 0) is 6.54 Å². The number of hydrogen-bond donors (Lipinski definition) is 2. The van der Waals surface area contributed by atoms with E-state index in [1.165, 1.54) is 0 Å². The zero-order valence-corrected chi connectivity index (χ0v) is 13.0. The van der Waals surface area contributed by atoms with Crippen molar-refractivity contribution in [2.75, 3.05) is 0 Å². The highest BCUT2D eigenvalue weighted by Gasteiger charge is 2.13. The molecule has 2 amide bonds. The van der Waals surface area contributed by atoms with Crippen molar-refractivity contribution in [1.29, 1.82) is 0 Å². The van der Waals surface area contributed by atoms with E-state index < -0.39 is 0 Å². The molecule has 0 bridgehead atoms. The molecule has 2 rings (SSSR count). The van der Waals surface area contributed by atoms with Gasteiger partial charge in [-0.05, 0) is 31.5 Å². The van der Waals surface area contributed by atoms with Crippen molar-refractivity contribution in [3.05, 3.63) is 45.5 Å². The molecule has 0 saturated heterocycles. The van der Waals surface area contributed by atoms with Crippen LogP contribution in [-0.4, -0.2) is 16.2 Å². The van der Waals surface area contributed by atoms with E-state index in [9.17, 15) is 4.79 Å². The van der Waals surface area contributed by atoms with Gasteiger partial charge in [0, 0.05) is 10.0 Å². The summed E-state index contributed by atoms with van der Waals surface area (Å²) in [6.45, 7) is 3.69. The van der Waals surface area contributed by atoms with E-state index in [2.05, 4.69) is 20.8 Å². The minimum absolute atomic E-state index is 0.160. The molecule has 0 spiro atoms. The van der Waals surface area contributed by atoms with Crippen LogP contribution in [0.2, 0.25) is 10.0 Å². The highest BCUT2D eigenvalue weighted by molar-refractivity contribution is 6.35. The number of aromatic nitrogens is 2. The van der Waals surface area contributed by atoms with Gasteiger partial charge in [0.1, 0.15) is 0 Å². The highest BCUT2D eigenvalue weighted by atomic mass is 35.5. The second-order valence-electron chi connectivity index (χ2n) is 4.45. The van der Waals surface area contributed by atoms with Crippen molar-refractivity contribution in [2.24, 2.45) is 0 Å². The van der Waals surface area contributed by atoms with E-state index in [1.54, 1.807) is 25.1 Å². The molecule has 1 aromatic heterocycles. The standard InChI is InChI=1S/C13H14Cl2N4O2/c1-7(10-4-3-9(14)5-11(10)15)17-13(20)16-6-12-18-8(2)19-21-12/h3-5,7H,6H2,1-2H3,(H2,16,17,20)/t7-/m0/s1. The summed E-state index contributed by atoms with van der Waals surface area (Å²) in [7, 11) is 0. The first-order valence-corrected chi connectivity index (χ1v) is 7.00. The molecule has 1 atom stereocenters. The van der Waals surface area contributed by atoms with Crippen molar-refractivity contribution < 1.29 is 9.32 Å². The Balaban J connectivity index is 1.89. The minimum Gasteiger partial charge on any atom is -0.337 e. The molecule has 1 heterocycles. The van der Waals surface area contributed by atoms with Gasteiger partial charge in [0.25, 0.3) is 0 Å². The van der Waals surface area contributed by atoms with E-state index in [1.807, 2.05) is 6.92 Å². The Hall–Kier alpha value is -1.79. The molecule has 0 fully saturated rings. The molecule has 2 N–H and O–H groups in total. The zero-order chi connectivity index (χ0) is 15.4. The van der Waals surface area contributed by atoms with Crippen LogP contribution in [0.25, 0.3) is 0 Å². The Labute approximate surface area is 131 Å². The van der Waals surface area contributed by atoms with Gasteiger partial charge in [0.15, 0.2) is 5.82 Å². The van der Waals surface area contributed by atoms with Gasteiger partial charge in [-0.15, -0.1) is 0 Å². The van der Waals surface area contributed by atoms with Crippen LogP contribution in [0.5, 0.6) is 0 Å². The fraction of sp³-hybridized carbons (Fsp3) is 0.308. The molecule has 8 heteroatoms. The van der Waals surface area contributed by atoms with Crippen LogP contribution < -0.4 is 10.6 Å². The molecule has 21 heavy (non-hydrogen) atoms. The Bertz CT molecular complexity index is 645. The molecule has 0 radical (unpaired) electrons. The molecule has 0 unspecified atom stereocenters. The van der Waals surface area contributed by atoms with Gasteiger partial charge in [-0.1, -0.05) is 34.4 Å². The number of aryl methyl sites for hydroxylation is 1. The maximum atomic E-state index is 11.8. The van der Waals surface area contributed by atoms with Crippen LogP contribution in [0.4, 0.5) is 4.79 Å². The van der Waals surface area contributed by atoms with Crippen LogP contribution in [0, 0.1) is 6.92 Å². The van der Waals surface area contributed by atoms with Crippen LogP contribution in [0.3, 0.4) is 0 Å². The average Bonchev–Trinajstić information content (AvgIpc) is 2.82. The SMILES string of the molecule is Cc1noc(CNC(=O)N[C@@H](C)c2ccc(Cl)cc2Cl)n1. The highest BCUT2D eigenvalue weighted by Crippen LogP contribution is 2.25. The van der Waals surface area contributed by atoms with Crippen molar-refractivity contribution in [3.8, 4) is 0 Å². The lowest BCUT2D eigenvalue weighted by Gasteiger charge is -2.16. The summed E-state index contributed by atoms with van der Waals surface area (Å²) < 4.78 is 4.90. The number of halogens is 2. The van der Waals surface area contributed by atoms with Gasteiger partial charge in [0.05, 0.1) is 12.6 Å². The number of benzene rings is 1. The van der Waals surface area contributed by atoms with Gasteiger partial charge in [-0.3, -0.25) is 0 Å². The lowest BCUT2D eigenvalue weighted by Crippen LogP contribution is -2.36. The predicted molar refractivity (Wildman–Crippen MR) is 79.3 cm³/mol. The van der Waals surface area contributed by atoms with E-state index in [4.69, 9.17) is 27.7 Å². The van der Waals surface area contributed by atoms with Gasteiger partial charge in [-0.2, -0.15) is 4.98 Å². The summed E-state index contributed by atoms with van der Waals surface area (Å²) >= 11 is 11.9. The first-order valence-electron chi connectivity index (χ1n) is 6.24. The molecule has 0 aliphatic heterocycles. The second-order valence-corrected chi connectivity index (χ2v) is 5.29. The summed E-state index contributed by atoms with van der Waals surface area (Å²) in [5.41, 5.74) is 0.782. The second kappa shape index (κ2) is 6.78. The largest absolute Gasteiger partial charge is 0.337 e. The first kappa shape index (κ1) is 15.6. The number of carbonyl (C=O) groups is 1. The van der Waals surface area contributed by atoms with Gasteiger partial charge < -0.3 is 15.2 Å². The fourth-order valence-corrected chi connectivity index (χ4v) is 2.32. The molecule has 1 aromatic carbocycles. The molecule has 0 aliphatic carbocycles. The zero-order valence-electron chi connectivity index (χ0n) is 11.5. The Morgan fingerprint density at radius 1 is 1.43 bits per heavy atom. The number of amides is 2. The normalized spacial score (nSPS) is 12.0. The Kier molecular flexibility index (Phi) is 5.03. The molecular formula is C13H14Cl2N4O2. The summed E-state index contributed by atoms with van der Waals surface area (Å²) in [6.07, 6.45) is 0. The molecule has 2 aromatic rings. The van der Waals surface area contributed by atoms with E-state index >= 15 is 0 Å². The molecule has 0 saturated carbocycles. The third-order valence-corrected chi connectivity index (χ3v) is 3.31. The molecule has 112 valence electrons. The Morgan fingerprint density at radius 2 is 2.19 bits per heavy atom. The Morgan fingerprint density at radius 3 is 2.81 bits per heavy atom. The number of rotatable bonds is 4. The summed E-state index contributed by atoms with van der Waals surface area (Å²) in [6, 6.07) is 4.51. The maximum Gasteiger partial charge on any atom is 0.315 e. The number of carbonyl (C=O) groups excluding carboxylic acids is 1. The van der Waals surface area contributed by atoms with E-state index in [0.717, 1.165) is 5.56 Å². The van der Waals surface area contributed by atoms with Crippen LogP contribution >= 0.6 is 23.2 Å². The maximum absolute atomic E-state index is 11.8. The number of urea groups is 1. The van der Waals surface area contributed by atoms with E-state index in [0.29, 0.717) is 21.8 Å². The monoisotopic (exact) mass is 328 g/mol. The van der Waals surface area contributed by atoms with Crippen molar-refractivity contribution in [3.63, 3.8) is 0 Å². The van der Waals surface area contributed by atoms with Crippen molar-refractivity contribution >= 4 is 29.2 Å². The average molecular weight is 329 g/mol. The predicted octanol–water partition coefficient (Wildman–Crippen LogP) is 3.25. The lowest BCUT2D eigenvalue weighted by atomic mass is 10.1. The lowest BCUT2D eigenvalue weighted by molar-refractivity contribution is 0.235. The van der Waals surface area contributed by atoms with Crippen LogP contribution in [0.15, 0.2) is 22.7 Å². The third kappa shape index (κ3) is 4.34. The topological polar surface area (TPSA) is 80.0 Å². The van der Waals surface area contributed by atoms with Gasteiger partial charge in [-0.25, -0.2) is 4.79 Å². The summed E-state index contributed by atoms with van der Waals surface area (Å²) in [5.74, 6) is 0.869. The third-order valence-electron chi connectivity index (χ3n) is 2.75. The fourth-order valence-electron chi connectivity index (χ4n) is 1.75. The van der Waals surface area contributed by atoms with Gasteiger partial charge in [0.2, 0.25) is 5.89 Å². The van der Waals surface area contributed by atoms with Gasteiger partial charge >= 0.3 is 6.03 Å². The smallest absolute Gasteiger partial charge is 0.315 e. The van der Waals surface area contributed by atoms with Crippen molar-refractivity contribution in [1.82, 2.24) is 20.8 Å². The number of hydrogen-bond acceptors (Lipinski definition) is 4. The molecule has 6 nitrogen and oxygen atoms in total.